The number of benzene rings is 1. The molecule has 0 aromatic heterocycles. The fourth-order valence-corrected chi connectivity index (χ4v) is 2.10. The lowest BCUT2D eigenvalue weighted by atomic mass is 9.99. The fraction of sp³-hybridized carbons (Fsp3) is 0.417. The number of nitrogens with one attached hydrogen (secondary N) is 2. The van der Waals surface area contributed by atoms with Crippen LogP contribution in [0.3, 0.4) is 0 Å². The Morgan fingerprint density at radius 3 is 2.70 bits per heavy atom. The number of amides is 1. The van der Waals surface area contributed by atoms with E-state index in [1.54, 1.807) is 0 Å². The van der Waals surface area contributed by atoms with Gasteiger partial charge in [-0.05, 0) is 37.2 Å². The van der Waals surface area contributed by atoms with E-state index in [0.717, 1.165) is 19.2 Å². The fourth-order valence-electron chi connectivity index (χ4n) is 1.76. The molecule has 0 bridgehead atoms. The zero-order valence-corrected chi connectivity index (χ0v) is 11.8. The molecule has 0 saturated carbocycles. The standard InChI is InChI=1S/C12H12BrF3N2O2/c13-8-1-2-9(10(4-8)20-12(14,15)16)18-11(19)3-7-5-17-6-7/h1-2,4,7,17H,3,5-6H2,(H,18,19). The van der Waals surface area contributed by atoms with Gasteiger partial charge in [-0.15, -0.1) is 13.2 Å². The SMILES string of the molecule is O=C(CC1CNC1)Nc1ccc(Br)cc1OC(F)(F)F. The molecule has 0 spiro atoms. The van der Waals surface area contributed by atoms with Crippen LogP contribution in [-0.4, -0.2) is 25.4 Å². The van der Waals surface area contributed by atoms with Gasteiger partial charge in [0.15, 0.2) is 5.75 Å². The number of carbonyl (C=O) groups is 1. The summed E-state index contributed by atoms with van der Waals surface area (Å²) in [6, 6.07) is 4.06. The lowest BCUT2D eigenvalue weighted by Gasteiger charge is -2.26. The molecule has 1 saturated heterocycles. The van der Waals surface area contributed by atoms with Crippen molar-refractivity contribution in [2.24, 2.45) is 5.92 Å². The first-order chi connectivity index (χ1) is 9.33. The second kappa shape index (κ2) is 6.01. The Hall–Kier alpha value is -1.28. The zero-order chi connectivity index (χ0) is 14.8. The Kier molecular flexibility index (Phi) is 4.54. The number of alkyl halides is 3. The van der Waals surface area contributed by atoms with Gasteiger partial charge in [0.2, 0.25) is 5.91 Å². The summed E-state index contributed by atoms with van der Waals surface area (Å²) in [4.78, 5) is 11.7. The van der Waals surface area contributed by atoms with Crippen molar-refractivity contribution in [1.82, 2.24) is 5.32 Å². The highest BCUT2D eigenvalue weighted by atomic mass is 79.9. The van der Waals surface area contributed by atoms with Crippen molar-refractivity contribution < 1.29 is 22.7 Å². The average molecular weight is 353 g/mol. The maximum atomic E-state index is 12.3. The highest BCUT2D eigenvalue weighted by Gasteiger charge is 2.32. The van der Waals surface area contributed by atoms with Crippen LogP contribution in [0.15, 0.2) is 22.7 Å². The third-order valence-corrected chi connectivity index (χ3v) is 3.28. The maximum Gasteiger partial charge on any atom is 0.573 e. The van der Waals surface area contributed by atoms with E-state index >= 15 is 0 Å². The van der Waals surface area contributed by atoms with E-state index < -0.39 is 12.1 Å². The number of rotatable bonds is 4. The van der Waals surface area contributed by atoms with Crippen LogP contribution in [0, 0.1) is 5.92 Å². The van der Waals surface area contributed by atoms with Crippen LogP contribution in [0.4, 0.5) is 18.9 Å². The molecule has 1 aliphatic heterocycles. The second-order valence-corrected chi connectivity index (χ2v) is 5.38. The third kappa shape index (κ3) is 4.38. The van der Waals surface area contributed by atoms with E-state index in [1.807, 2.05) is 0 Å². The summed E-state index contributed by atoms with van der Waals surface area (Å²) in [5, 5.41) is 5.47. The van der Waals surface area contributed by atoms with Gasteiger partial charge >= 0.3 is 6.36 Å². The summed E-state index contributed by atoms with van der Waals surface area (Å²) in [6.45, 7) is 1.50. The van der Waals surface area contributed by atoms with E-state index in [9.17, 15) is 18.0 Å². The van der Waals surface area contributed by atoms with Gasteiger partial charge in [-0.1, -0.05) is 15.9 Å². The van der Waals surface area contributed by atoms with Crippen molar-refractivity contribution in [2.75, 3.05) is 18.4 Å². The zero-order valence-electron chi connectivity index (χ0n) is 10.3. The molecule has 0 atom stereocenters. The highest BCUT2D eigenvalue weighted by Crippen LogP contribution is 2.33. The number of hydrogen-bond acceptors (Lipinski definition) is 3. The molecule has 1 heterocycles. The maximum absolute atomic E-state index is 12.3. The molecule has 1 aromatic rings. The number of anilines is 1. The van der Waals surface area contributed by atoms with E-state index in [0.29, 0.717) is 4.47 Å². The van der Waals surface area contributed by atoms with Crippen LogP contribution in [0.5, 0.6) is 5.75 Å². The molecule has 0 radical (unpaired) electrons. The molecule has 110 valence electrons. The summed E-state index contributed by atoms with van der Waals surface area (Å²) in [6.07, 6.45) is -4.54. The van der Waals surface area contributed by atoms with Gasteiger partial charge in [-0.2, -0.15) is 0 Å². The monoisotopic (exact) mass is 352 g/mol. The number of hydrogen-bond donors (Lipinski definition) is 2. The van der Waals surface area contributed by atoms with Crippen molar-refractivity contribution in [2.45, 2.75) is 12.8 Å². The molecular weight excluding hydrogens is 341 g/mol. The summed E-state index contributed by atoms with van der Waals surface area (Å²) in [5.74, 6) is -0.532. The summed E-state index contributed by atoms with van der Waals surface area (Å²) >= 11 is 3.06. The first-order valence-corrected chi connectivity index (χ1v) is 6.68. The number of halogens is 4. The van der Waals surface area contributed by atoms with Gasteiger partial charge in [0.25, 0.3) is 0 Å². The Bertz CT molecular complexity index is 504. The van der Waals surface area contributed by atoms with Gasteiger partial charge in [0, 0.05) is 10.9 Å². The largest absolute Gasteiger partial charge is 0.573 e. The lowest BCUT2D eigenvalue weighted by Crippen LogP contribution is -2.43. The van der Waals surface area contributed by atoms with Crippen molar-refractivity contribution >= 4 is 27.5 Å². The Morgan fingerprint density at radius 2 is 2.15 bits per heavy atom. The lowest BCUT2D eigenvalue weighted by molar-refractivity contribution is -0.274. The predicted molar refractivity (Wildman–Crippen MR) is 70.4 cm³/mol. The Morgan fingerprint density at radius 1 is 1.45 bits per heavy atom. The molecule has 0 aliphatic carbocycles. The Labute approximate surface area is 121 Å². The molecule has 1 aromatic carbocycles. The molecular formula is C12H12BrF3N2O2. The van der Waals surface area contributed by atoms with Crippen LogP contribution in [0.1, 0.15) is 6.42 Å². The number of carbonyl (C=O) groups excluding carboxylic acids is 1. The van der Waals surface area contributed by atoms with E-state index in [-0.39, 0.29) is 23.9 Å². The molecule has 1 fully saturated rings. The predicted octanol–water partition coefficient (Wildman–Crippen LogP) is 2.90. The minimum Gasteiger partial charge on any atom is -0.404 e. The first kappa shape index (κ1) is 15.1. The van der Waals surface area contributed by atoms with Crippen LogP contribution >= 0.6 is 15.9 Å². The Balaban J connectivity index is 2.07. The summed E-state index contributed by atoms with van der Waals surface area (Å²) in [7, 11) is 0. The van der Waals surface area contributed by atoms with Crippen molar-refractivity contribution in [3.63, 3.8) is 0 Å². The number of ether oxygens (including phenoxy) is 1. The molecule has 2 N–H and O–H groups in total. The molecule has 2 rings (SSSR count). The van der Waals surface area contributed by atoms with Gasteiger partial charge < -0.3 is 15.4 Å². The quantitative estimate of drug-likeness (QED) is 0.875. The van der Waals surface area contributed by atoms with Crippen LogP contribution in [0.2, 0.25) is 0 Å². The third-order valence-electron chi connectivity index (χ3n) is 2.78. The highest BCUT2D eigenvalue weighted by molar-refractivity contribution is 9.10. The molecule has 8 heteroatoms. The second-order valence-electron chi connectivity index (χ2n) is 4.46. The molecule has 4 nitrogen and oxygen atoms in total. The van der Waals surface area contributed by atoms with Crippen LogP contribution in [0.25, 0.3) is 0 Å². The van der Waals surface area contributed by atoms with Crippen molar-refractivity contribution in [3.8, 4) is 5.75 Å². The van der Waals surface area contributed by atoms with Gasteiger partial charge in [0.1, 0.15) is 0 Å². The summed E-state index contributed by atoms with van der Waals surface area (Å²) < 4.78 is 41.2. The minimum atomic E-state index is -4.81. The normalized spacial score (nSPS) is 15.6. The van der Waals surface area contributed by atoms with E-state index in [2.05, 4.69) is 31.3 Å². The topological polar surface area (TPSA) is 50.4 Å². The first-order valence-electron chi connectivity index (χ1n) is 5.89. The molecule has 20 heavy (non-hydrogen) atoms. The molecule has 1 amide bonds. The summed E-state index contributed by atoms with van der Waals surface area (Å²) in [5.41, 5.74) is 0.00260. The van der Waals surface area contributed by atoms with Crippen molar-refractivity contribution in [3.05, 3.63) is 22.7 Å². The minimum absolute atomic E-state index is 0.00260. The average Bonchev–Trinajstić information content (AvgIpc) is 2.25. The van der Waals surface area contributed by atoms with Crippen molar-refractivity contribution in [1.29, 1.82) is 0 Å². The van der Waals surface area contributed by atoms with Gasteiger partial charge in [0.05, 0.1) is 5.69 Å². The van der Waals surface area contributed by atoms with Crippen LogP contribution in [-0.2, 0) is 4.79 Å². The van der Waals surface area contributed by atoms with E-state index in [1.165, 1.54) is 12.1 Å². The molecule has 1 aliphatic rings. The smallest absolute Gasteiger partial charge is 0.404 e. The van der Waals surface area contributed by atoms with Crippen LogP contribution < -0.4 is 15.4 Å². The molecule has 0 unspecified atom stereocenters. The van der Waals surface area contributed by atoms with E-state index in [4.69, 9.17) is 0 Å². The van der Waals surface area contributed by atoms with Gasteiger partial charge in [-0.3, -0.25) is 4.79 Å². The van der Waals surface area contributed by atoms with Gasteiger partial charge in [-0.25, -0.2) is 0 Å².